The Labute approximate surface area is 82.7 Å². The third kappa shape index (κ3) is 1.57. The number of hydrogen-bond acceptors (Lipinski definition) is 5. The molecule has 0 aromatic carbocycles. The van der Waals surface area contributed by atoms with Gasteiger partial charge in [0.1, 0.15) is 11.6 Å². The van der Waals surface area contributed by atoms with E-state index >= 15 is 0 Å². The highest BCUT2D eigenvalue weighted by atomic mass is 32.3. The standard InChI is InChI=1S/C7H5NO4S2/c9-14(10,11)7-2-1-5-13(7)6-3-4-12-8-6/h1-5H. The highest BCUT2D eigenvalue weighted by molar-refractivity contribution is 7.89. The fraction of sp³-hybridized carbons (Fsp3) is 0. The molecule has 0 fully saturated rings. The average Bonchev–Trinajstić information content (AvgIpc) is 2.73. The molecule has 5 nitrogen and oxygen atoms in total. The molecule has 2 rings (SSSR count). The second-order valence-electron chi connectivity index (χ2n) is 2.44. The number of nitrogens with zero attached hydrogens (tertiary/aromatic N) is 1. The van der Waals surface area contributed by atoms with E-state index in [0.717, 1.165) is 0 Å². The molecule has 2 aromatic rings. The zero-order valence-electron chi connectivity index (χ0n) is 6.78. The van der Waals surface area contributed by atoms with Crippen LogP contribution in [0, 0.1) is 0 Å². The molecule has 0 aliphatic heterocycles. The van der Waals surface area contributed by atoms with Gasteiger partial charge >= 0.3 is 5.03 Å². The van der Waals surface area contributed by atoms with Gasteiger partial charge in [-0.3, -0.25) is 0 Å². The van der Waals surface area contributed by atoms with Crippen molar-refractivity contribution < 1.29 is 17.5 Å². The molecular weight excluding hydrogens is 226 g/mol. The Morgan fingerprint density at radius 2 is 2.21 bits per heavy atom. The predicted octanol–water partition coefficient (Wildman–Crippen LogP) is 1.32. The zero-order valence-corrected chi connectivity index (χ0v) is 8.42. The van der Waals surface area contributed by atoms with Gasteiger partial charge in [-0.2, -0.15) is 0 Å². The minimum atomic E-state index is -4.40. The van der Waals surface area contributed by atoms with Crippen molar-refractivity contribution in [3.63, 3.8) is 0 Å². The van der Waals surface area contributed by atoms with Crippen LogP contribution in [0.2, 0.25) is 0 Å². The van der Waals surface area contributed by atoms with Gasteiger partial charge in [0.25, 0.3) is 4.21 Å². The number of hydrogen-bond donors (Lipinski definition) is 0. The van der Waals surface area contributed by atoms with Crippen LogP contribution in [0.25, 0.3) is 5.03 Å². The highest BCUT2D eigenvalue weighted by Gasteiger charge is 2.23. The summed E-state index contributed by atoms with van der Waals surface area (Å²) >= 11 is 0. The van der Waals surface area contributed by atoms with Crippen molar-refractivity contribution in [2.24, 2.45) is 0 Å². The Bertz CT molecular complexity index is 526. The average molecular weight is 231 g/mol. The van der Waals surface area contributed by atoms with Crippen LogP contribution in [0.5, 0.6) is 0 Å². The fourth-order valence-corrected chi connectivity index (χ4v) is 3.83. The Balaban J connectivity index is 2.62. The van der Waals surface area contributed by atoms with E-state index in [1.807, 2.05) is 0 Å². The molecule has 0 N–H and O–H groups in total. The van der Waals surface area contributed by atoms with Gasteiger partial charge in [-0.15, -0.1) is 0 Å². The Morgan fingerprint density at radius 1 is 1.43 bits per heavy atom. The first-order chi connectivity index (χ1) is 6.59. The van der Waals surface area contributed by atoms with E-state index < -0.39 is 20.6 Å². The summed E-state index contributed by atoms with van der Waals surface area (Å²) in [5.41, 5.74) is 0. The van der Waals surface area contributed by atoms with Crippen molar-refractivity contribution in [1.82, 2.24) is 5.16 Å². The second kappa shape index (κ2) is 3.19. The summed E-state index contributed by atoms with van der Waals surface area (Å²) in [7, 11) is -5.29. The third-order valence-electron chi connectivity index (χ3n) is 1.55. The molecule has 0 bridgehead atoms. The largest absolute Gasteiger partial charge is 0.740 e. The summed E-state index contributed by atoms with van der Waals surface area (Å²) in [6.07, 6.45) is 1.34. The van der Waals surface area contributed by atoms with Gasteiger partial charge in [0.05, 0.1) is 16.5 Å². The maximum absolute atomic E-state index is 10.8. The smallest absolute Gasteiger partial charge is 0.309 e. The van der Waals surface area contributed by atoms with E-state index in [1.54, 1.807) is 5.38 Å². The van der Waals surface area contributed by atoms with Crippen LogP contribution in [0.15, 0.2) is 38.6 Å². The molecule has 0 aliphatic carbocycles. The SMILES string of the molecule is O=S(=O)([O-])c1ccc[s+]1-c1ccon1. The molecule has 0 aliphatic rings. The molecule has 1 unspecified atom stereocenters. The van der Waals surface area contributed by atoms with Crippen molar-refractivity contribution in [3.05, 3.63) is 29.8 Å². The minimum Gasteiger partial charge on any atom is -0.740 e. The summed E-state index contributed by atoms with van der Waals surface area (Å²) in [6.45, 7) is 0. The molecular formula is C7H5NO4S2. The van der Waals surface area contributed by atoms with Crippen LogP contribution in [-0.4, -0.2) is 18.1 Å². The van der Waals surface area contributed by atoms with Gasteiger partial charge in [0.2, 0.25) is 0 Å². The van der Waals surface area contributed by atoms with Gasteiger partial charge in [-0.1, -0.05) is 0 Å². The van der Waals surface area contributed by atoms with Crippen LogP contribution in [0.4, 0.5) is 0 Å². The Kier molecular flexibility index (Phi) is 2.14. The third-order valence-corrected chi connectivity index (χ3v) is 4.99. The van der Waals surface area contributed by atoms with E-state index in [1.165, 1.54) is 24.5 Å². The molecule has 0 radical (unpaired) electrons. The van der Waals surface area contributed by atoms with Crippen molar-refractivity contribution in [2.45, 2.75) is 4.21 Å². The second-order valence-corrected chi connectivity index (χ2v) is 5.86. The molecule has 7 heteroatoms. The quantitative estimate of drug-likeness (QED) is 0.575. The lowest BCUT2D eigenvalue weighted by molar-refractivity contribution is 0.424. The molecule has 1 atom stereocenters. The zero-order chi connectivity index (χ0) is 10.2. The first-order valence-electron chi connectivity index (χ1n) is 3.57. The van der Waals surface area contributed by atoms with Crippen LogP contribution in [0.3, 0.4) is 0 Å². The van der Waals surface area contributed by atoms with E-state index in [-0.39, 0.29) is 4.21 Å². The monoisotopic (exact) mass is 231 g/mol. The van der Waals surface area contributed by atoms with Crippen molar-refractivity contribution in [1.29, 1.82) is 0 Å². The number of thiophene rings is 1. The van der Waals surface area contributed by atoms with Gasteiger partial charge < -0.3 is 9.08 Å². The number of rotatable bonds is 2. The van der Waals surface area contributed by atoms with Crippen LogP contribution in [0.1, 0.15) is 0 Å². The molecule has 74 valence electrons. The van der Waals surface area contributed by atoms with E-state index in [2.05, 4.69) is 9.68 Å². The normalized spacial score (nSPS) is 13.1. The minimum absolute atomic E-state index is 0.161. The molecule has 0 spiro atoms. The fourth-order valence-electron chi connectivity index (χ4n) is 1.02. The molecule has 0 saturated heterocycles. The molecule has 14 heavy (non-hydrogen) atoms. The van der Waals surface area contributed by atoms with Crippen LogP contribution in [-0.2, 0) is 10.1 Å². The van der Waals surface area contributed by atoms with Crippen LogP contribution < -0.4 is 0 Å². The first-order valence-corrected chi connectivity index (χ1v) is 6.26. The van der Waals surface area contributed by atoms with Crippen molar-refractivity contribution in [2.75, 3.05) is 0 Å². The lowest BCUT2D eigenvalue weighted by Gasteiger charge is -1.98. The van der Waals surface area contributed by atoms with Gasteiger partial charge in [0, 0.05) is 6.07 Å². The summed E-state index contributed by atoms with van der Waals surface area (Å²) in [5.74, 6) is 0. The van der Waals surface area contributed by atoms with Gasteiger partial charge in [-0.25, -0.2) is 8.42 Å². The van der Waals surface area contributed by atoms with Crippen LogP contribution >= 0.6 is 10.5 Å². The van der Waals surface area contributed by atoms with E-state index in [9.17, 15) is 13.0 Å². The maximum Gasteiger partial charge on any atom is 0.309 e. The molecule has 0 saturated carbocycles. The summed E-state index contributed by atoms with van der Waals surface area (Å²) in [4.78, 5) is 0. The van der Waals surface area contributed by atoms with E-state index in [0.29, 0.717) is 5.03 Å². The Hall–Kier alpha value is -1.18. The number of aromatic nitrogens is 1. The van der Waals surface area contributed by atoms with Crippen molar-refractivity contribution >= 4 is 20.6 Å². The molecule has 0 amide bonds. The molecule has 2 aromatic heterocycles. The maximum atomic E-state index is 10.8. The van der Waals surface area contributed by atoms with Crippen molar-refractivity contribution in [3.8, 4) is 5.03 Å². The lowest BCUT2D eigenvalue weighted by Crippen LogP contribution is -1.96. The van der Waals surface area contributed by atoms with Gasteiger partial charge in [0.15, 0.2) is 10.1 Å². The topological polar surface area (TPSA) is 83.2 Å². The van der Waals surface area contributed by atoms with E-state index in [4.69, 9.17) is 0 Å². The summed E-state index contributed by atoms with van der Waals surface area (Å²) in [6, 6.07) is 4.36. The van der Waals surface area contributed by atoms with Gasteiger partial charge in [-0.05, 0) is 11.2 Å². The lowest BCUT2D eigenvalue weighted by atomic mass is 10.7. The highest BCUT2D eigenvalue weighted by Crippen LogP contribution is 2.36. The molecule has 2 heterocycles. The Morgan fingerprint density at radius 3 is 2.79 bits per heavy atom. The summed E-state index contributed by atoms with van der Waals surface area (Å²) < 4.78 is 36.9. The summed E-state index contributed by atoms with van der Waals surface area (Å²) in [5, 5.41) is 5.67. The predicted molar refractivity (Wildman–Crippen MR) is 48.3 cm³/mol. The first kappa shape index (κ1) is 9.38.